The van der Waals surface area contributed by atoms with Crippen LogP contribution in [0.4, 0.5) is 5.13 Å². The van der Waals surface area contributed by atoms with Gasteiger partial charge in [-0.25, -0.2) is 24.2 Å². The van der Waals surface area contributed by atoms with Crippen molar-refractivity contribution in [1.29, 1.82) is 0 Å². The second-order valence-corrected chi connectivity index (χ2v) is 17.5. The van der Waals surface area contributed by atoms with Crippen molar-refractivity contribution in [2.45, 2.75) is 89.4 Å². The lowest BCUT2D eigenvalue weighted by Crippen LogP contribution is -2.17. The molecule has 1 aliphatic rings. The molecule has 1 saturated carbocycles. The smallest absolute Gasteiger partial charge is 0.343 e. The van der Waals surface area contributed by atoms with E-state index in [-0.39, 0.29) is 5.97 Å². The summed E-state index contributed by atoms with van der Waals surface area (Å²) in [4.78, 5) is 53.1. The summed E-state index contributed by atoms with van der Waals surface area (Å²) in [7, 11) is 0. The van der Waals surface area contributed by atoms with Gasteiger partial charge in [0.15, 0.2) is 0 Å². The monoisotopic (exact) mass is 943 g/mol. The van der Waals surface area contributed by atoms with Gasteiger partial charge in [-0.2, -0.15) is 5.10 Å². The molecule has 0 radical (unpaired) electrons. The molecule has 4 aromatic carbocycles. The van der Waals surface area contributed by atoms with Gasteiger partial charge in [0.2, 0.25) is 5.13 Å². The lowest BCUT2D eigenvalue weighted by atomic mass is 9.77. The van der Waals surface area contributed by atoms with E-state index in [0.717, 1.165) is 105 Å². The van der Waals surface area contributed by atoms with E-state index in [0.29, 0.717) is 83.9 Å². The number of unbranched alkanes of at least 4 members (excludes halogenated alkanes) is 6. The number of hydrogen-bond donors (Lipinski definition) is 1. The van der Waals surface area contributed by atoms with Crippen LogP contribution in [0.3, 0.4) is 0 Å². The first-order valence-corrected chi connectivity index (χ1v) is 24.3. The molecule has 14 heteroatoms. The highest BCUT2D eigenvalue weighted by Gasteiger charge is 2.24. The van der Waals surface area contributed by atoms with Crippen LogP contribution in [0, 0.1) is 5.92 Å². The van der Waals surface area contributed by atoms with Gasteiger partial charge in [-0.3, -0.25) is 5.43 Å². The van der Waals surface area contributed by atoms with Crippen LogP contribution in [-0.2, 0) is 23.8 Å². The molecule has 1 fully saturated rings. The summed E-state index contributed by atoms with van der Waals surface area (Å²) in [6.45, 7) is 9.02. The molecule has 0 amide bonds. The molecule has 1 aliphatic carbocycles. The van der Waals surface area contributed by atoms with Crippen LogP contribution in [0.15, 0.2) is 121 Å². The van der Waals surface area contributed by atoms with Gasteiger partial charge in [-0.1, -0.05) is 42.7 Å². The molecule has 68 heavy (non-hydrogen) atoms. The average Bonchev–Trinajstić information content (AvgIpc) is 3.79. The number of hydrogen-bond acceptors (Lipinski definition) is 14. The third kappa shape index (κ3) is 16.8. The van der Waals surface area contributed by atoms with Crippen molar-refractivity contribution in [2.24, 2.45) is 11.0 Å². The highest BCUT2D eigenvalue weighted by atomic mass is 32.1. The van der Waals surface area contributed by atoms with Gasteiger partial charge >= 0.3 is 23.9 Å². The first kappa shape index (κ1) is 50.6. The van der Waals surface area contributed by atoms with Crippen LogP contribution < -0.4 is 19.6 Å². The summed E-state index contributed by atoms with van der Waals surface area (Å²) in [5.41, 5.74) is 6.62. The fraction of sp³-hybridized carbons (Fsp3) is 0.370. The average molecular weight is 944 g/mol. The Balaban J connectivity index is 0.955. The van der Waals surface area contributed by atoms with Crippen LogP contribution in [0.25, 0.3) is 10.2 Å². The number of esters is 4. The Hall–Kier alpha value is -6.80. The quantitative estimate of drug-likeness (QED) is 0.00962. The minimum Gasteiger partial charge on any atom is -0.494 e. The van der Waals surface area contributed by atoms with E-state index in [4.69, 9.17) is 28.4 Å². The number of para-hydroxylation sites is 1. The summed E-state index contributed by atoms with van der Waals surface area (Å²) in [6.07, 6.45) is 15.9. The molecule has 0 spiro atoms. The molecule has 0 bridgehead atoms. The molecule has 13 nitrogen and oxygen atoms in total. The zero-order chi connectivity index (χ0) is 47.8. The second kappa shape index (κ2) is 27.7. The van der Waals surface area contributed by atoms with Crippen LogP contribution in [0.5, 0.6) is 17.2 Å². The summed E-state index contributed by atoms with van der Waals surface area (Å²) in [6, 6.07) is 27.8. The van der Waals surface area contributed by atoms with Gasteiger partial charge in [-0.15, -0.1) is 0 Å². The zero-order valence-electron chi connectivity index (χ0n) is 38.6. The van der Waals surface area contributed by atoms with E-state index < -0.39 is 17.9 Å². The molecule has 0 aliphatic heterocycles. The molecular formula is C54H61N3O10S. The van der Waals surface area contributed by atoms with Crippen molar-refractivity contribution in [2.75, 3.05) is 38.5 Å². The summed E-state index contributed by atoms with van der Waals surface area (Å²) >= 11 is 1.50. The Morgan fingerprint density at radius 1 is 0.647 bits per heavy atom. The largest absolute Gasteiger partial charge is 0.494 e. The van der Waals surface area contributed by atoms with E-state index >= 15 is 0 Å². The van der Waals surface area contributed by atoms with Crippen molar-refractivity contribution in [3.63, 3.8) is 0 Å². The molecular weight excluding hydrogens is 883 g/mol. The van der Waals surface area contributed by atoms with Crippen molar-refractivity contribution in [3.05, 3.63) is 139 Å². The molecule has 358 valence electrons. The van der Waals surface area contributed by atoms with Crippen LogP contribution in [-0.4, -0.2) is 68.1 Å². The Morgan fingerprint density at radius 2 is 1.22 bits per heavy atom. The lowest BCUT2D eigenvalue weighted by molar-refractivity contribution is -0.138. The number of anilines is 1. The SMILES string of the molecule is C=CC(=O)OCCCCCCOc1ccc(C(=O)OCCC2CCC(c3ccc(OC(=O)c4ccc(OCCCCCCOC(=O)C=C)cc4)c(/C=N/Nc4nc5ccccc5s4)c3)CC2)cc1. The highest BCUT2D eigenvalue weighted by Crippen LogP contribution is 2.38. The molecule has 1 N–H and O–H groups in total. The number of ether oxygens (including phenoxy) is 6. The molecule has 0 atom stereocenters. The third-order valence-corrected chi connectivity index (χ3v) is 12.5. The van der Waals surface area contributed by atoms with Crippen molar-refractivity contribution >= 4 is 56.8 Å². The minimum atomic E-state index is -0.496. The van der Waals surface area contributed by atoms with Crippen molar-refractivity contribution < 1.29 is 47.6 Å². The third-order valence-electron chi connectivity index (χ3n) is 11.6. The minimum absolute atomic E-state index is 0.312. The van der Waals surface area contributed by atoms with E-state index in [2.05, 4.69) is 34.7 Å². The maximum Gasteiger partial charge on any atom is 0.343 e. The van der Waals surface area contributed by atoms with Gasteiger partial charge in [0.05, 0.1) is 60.6 Å². The number of hydrazone groups is 1. The number of thiazole rings is 1. The predicted octanol–water partition coefficient (Wildman–Crippen LogP) is 11.8. The fourth-order valence-electron chi connectivity index (χ4n) is 7.77. The molecule has 0 saturated heterocycles. The first-order valence-electron chi connectivity index (χ1n) is 23.5. The van der Waals surface area contributed by atoms with Gasteiger partial charge < -0.3 is 28.4 Å². The van der Waals surface area contributed by atoms with Gasteiger partial charge in [0.1, 0.15) is 17.2 Å². The lowest BCUT2D eigenvalue weighted by Gasteiger charge is -2.29. The summed E-state index contributed by atoms with van der Waals surface area (Å²) in [5.74, 6) is 0.863. The second-order valence-electron chi connectivity index (χ2n) is 16.5. The maximum absolute atomic E-state index is 13.4. The number of aromatic nitrogens is 1. The number of nitrogens with zero attached hydrogens (tertiary/aromatic N) is 2. The Kier molecular flexibility index (Phi) is 20.7. The summed E-state index contributed by atoms with van der Waals surface area (Å²) in [5, 5.41) is 5.16. The molecule has 1 heterocycles. The standard InChI is InChI=1S/C54H61N3O10S/c1-3-50(58)64-34-13-7-5-11-32-62-45-26-21-41(22-27-45)52(60)66-36-31-39-17-19-40(20-18-39)43-25-30-48(44(37-43)38-55-57-54-56-47-15-9-10-16-49(47)68-54)67-53(61)42-23-28-46(29-24-42)63-33-12-6-8-14-35-65-51(59)4-2/h3-4,9-10,15-16,21-30,37-40H,1-2,5-8,11-14,17-20,31-36H2,(H,56,57)/b55-38+. The van der Waals surface area contributed by atoms with Gasteiger partial charge in [-0.05, 0) is 174 Å². The number of carbonyl (C=O) groups is 4. The fourth-order valence-corrected chi connectivity index (χ4v) is 8.59. The number of carbonyl (C=O) groups excluding carboxylic acids is 4. The summed E-state index contributed by atoms with van der Waals surface area (Å²) < 4.78 is 34.4. The van der Waals surface area contributed by atoms with Crippen molar-refractivity contribution in [1.82, 2.24) is 4.98 Å². The van der Waals surface area contributed by atoms with E-state index in [1.807, 2.05) is 36.4 Å². The van der Waals surface area contributed by atoms with Gasteiger partial charge in [0.25, 0.3) is 0 Å². The predicted molar refractivity (Wildman–Crippen MR) is 265 cm³/mol. The Labute approximate surface area is 402 Å². The van der Waals surface area contributed by atoms with E-state index in [9.17, 15) is 19.2 Å². The normalized spacial score (nSPS) is 14.5. The zero-order valence-corrected chi connectivity index (χ0v) is 39.4. The van der Waals surface area contributed by atoms with Gasteiger partial charge in [0, 0.05) is 17.7 Å². The van der Waals surface area contributed by atoms with Crippen LogP contribution in [0.2, 0.25) is 0 Å². The van der Waals surface area contributed by atoms with Crippen LogP contribution >= 0.6 is 11.3 Å². The Bertz CT molecular complexity index is 2410. The number of nitrogens with one attached hydrogen (secondary N) is 1. The maximum atomic E-state index is 13.4. The molecule has 0 unspecified atom stereocenters. The number of fused-ring (bicyclic) bond motifs is 1. The van der Waals surface area contributed by atoms with Crippen molar-refractivity contribution in [3.8, 4) is 17.2 Å². The first-order chi connectivity index (χ1) is 33.3. The number of benzene rings is 4. The Morgan fingerprint density at radius 3 is 1.81 bits per heavy atom. The van der Waals surface area contributed by atoms with Crippen LogP contribution in [0.1, 0.15) is 121 Å². The van der Waals surface area contributed by atoms with E-state index in [1.54, 1.807) is 54.7 Å². The number of rotatable bonds is 28. The molecule has 6 rings (SSSR count). The highest BCUT2D eigenvalue weighted by molar-refractivity contribution is 7.22. The molecule has 5 aromatic rings. The van der Waals surface area contributed by atoms with E-state index in [1.165, 1.54) is 17.4 Å². The topological polar surface area (TPSA) is 161 Å². The molecule has 1 aromatic heterocycles.